The Morgan fingerprint density at radius 2 is 1.62 bits per heavy atom. The molecule has 1 fully saturated rings. The number of ketones is 1. The summed E-state index contributed by atoms with van der Waals surface area (Å²) in [5.74, 6) is 0.728. The Balaban J connectivity index is 1.37. The van der Waals surface area contributed by atoms with E-state index >= 15 is 0 Å². The highest BCUT2D eigenvalue weighted by atomic mass is 16.3. The van der Waals surface area contributed by atoms with E-state index in [4.69, 9.17) is 0 Å². The third-order valence-electron chi connectivity index (χ3n) is 7.27. The molecule has 37 heavy (non-hydrogen) atoms. The molecule has 0 saturated heterocycles. The van der Waals surface area contributed by atoms with E-state index in [-0.39, 0.29) is 17.7 Å². The lowest BCUT2D eigenvalue weighted by Crippen LogP contribution is -2.38. The van der Waals surface area contributed by atoms with Gasteiger partial charge in [-0.3, -0.25) is 20.0 Å². The Morgan fingerprint density at radius 3 is 2.27 bits per heavy atom. The standard InChI is InChI=1S/C32H44N2O3/c1-2-3-8-19-29(35)24-22-26-23-25-31(36)30(26)20-13-4-5-14-21-32(37)33-34(27-15-9-6-10-16-27)28-17-11-7-12-18-28/h6-7,9-12,15-18,22,24,26,29-30,35H,2-5,8,13-14,19-21,23,25H2,1H3,(H,33,37)/t26-,29-,30-/m1/s1. The van der Waals surface area contributed by atoms with Gasteiger partial charge in [-0.05, 0) is 55.9 Å². The lowest BCUT2D eigenvalue weighted by atomic mass is 9.89. The summed E-state index contributed by atoms with van der Waals surface area (Å²) in [4.78, 5) is 25.1. The first kappa shape index (κ1) is 28.6. The molecule has 2 N–H and O–H groups in total. The summed E-state index contributed by atoms with van der Waals surface area (Å²) in [6.45, 7) is 2.16. The van der Waals surface area contributed by atoms with Gasteiger partial charge >= 0.3 is 0 Å². The molecule has 1 amide bonds. The third-order valence-corrected chi connectivity index (χ3v) is 7.27. The van der Waals surface area contributed by atoms with E-state index in [1.54, 1.807) is 0 Å². The first-order valence-electron chi connectivity index (χ1n) is 14.2. The van der Waals surface area contributed by atoms with Crippen LogP contribution in [0.3, 0.4) is 0 Å². The number of rotatable bonds is 16. The zero-order valence-electron chi connectivity index (χ0n) is 22.4. The molecular formula is C32H44N2O3. The first-order chi connectivity index (χ1) is 18.1. The number of carbonyl (C=O) groups excluding carboxylic acids is 2. The quantitative estimate of drug-likeness (QED) is 0.143. The number of benzene rings is 2. The monoisotopic (exact) mass is 504 g/mol. The van der Waals surface area contributed by atoms with E-state index in [1.807, 2.05) is 71.7 Å². The molecule has 5 nitrogen and oxygen atoms in total. The van der Waals surface area contributed by atoms with Crippen molar-refractivity contribution in [3.63, 3.8) is 0 Å². The van der Waals surface area contributed by atoms with Gasteiger partial charge in [0.05, 0.1) is 17.5 Å². The molecule has 0 aromatic heterocycles. The van der Waals surface area contributed by atoms with Crippen LogP contribution >= 0.6 is 0 Å². The number of nitrogens with zero attached hydrogens (tertiary/aromatic N) is 1. The molecule has 1 aliphatic carbocycles. The van der Waals surface area contributed by atoms with Crippen LogP contribution in [0, 0.1) is 11.8 Å². The normalized spacial score (nSPS) is 18.3. The van der Waals surface area contributed by atoms with Crippen molar-refractivity contribution in [3.05, 3.63) is 72.8 Å². The van der Waals surface area contributed by atoms with Gasteiger partial charge in [-0.15, -0.1) is 0 Å². The molecule has 2 aromatic carbocycles. The largest absolute Gasteiger partial charge is 0.389 e. The zero-order chi connectivity index (χ0) is 26.3. The topological polar surface area (TPSA) is 69.6 Å². The maximum atomic E-state index is 12.7. The molecule has 0 radical (unpaired) electrons. The van der Waals surface area contributed by atoms with E-state index in [0.29, 0.717) is 18.6 Å². The second kappa shape index (κ2) is 16.0. The molecule has 0 aliphatic heterocycles. The van der Waals surface area contributed by atoms with Gasteiger partial charge in [0.2, 0.25) is 5.91 Å². The molecule has 0 spiro atoms. The Bertz CT molecular complexity index is 921. The highest BCUT2D eigenvalue weighted by Crippen LogP contribution is 2.34. The van der Waals surface area contributed by atoms with Crippen molar-refractivity contribution in [2.45, 2.75) is 90.1 Å². The van der Waals surface area contributed by atoms with Crippen LogP contribution in [0.2, 0.25) is 0 Å². The fourth-order valence-electron chi connectivity index (χ4n) is 5.13. The summed E-state index contributed by atoms with van der Waals surface area (Å²) in [7, 11) is 0. The Hall–Kier alpha value is -2.92. The number of carbonyl (C=O) groups is 2. The molecule has 0 bridgehead atoms. The van der Waals surface area contributed by atoms with Gasteiger partial charge in [-0.25, -0.2) is 0 Å². The van der Waals surface area contributed by atoms with Crippen molar-refractivity contribution in [3.8, 4) is 0 Å². The zero-order valence-corrected chi connectivity index (χ0v) is 22.4. The predicted octanol–water partition coefficient (Wildman–Crippen LogP) is 7.29. The van der Waals surface area contributed by atoms with Gasteiger partial charge in [0.15, 0.2) is 0 Å². The number of unbranched alkanes of at least 4 members (excludes halogenated alkanes) is 5. The highest BCUT2D eigenvalue weighted by Gasteiger charge is 2.32. The number of hydrazine groups is 1. The fourth-order valence-corrected chi connectivity index (χ4v) is 5.13. The average molecular weight is 505 g/mol. The van der Waals surface area contributed by atoms with Gasteiger partial charge in [-0.1, -0.05) is 94.0 Å². The number of anilines is 2. The van der Waals surface area contributed by atoms with Crippen molar-refractivity contribution >= 4 is 23.1 Å². The molecule has 200 valence electrons. The highest BCUT2D eigenvalue weighted by molar-refractivity contribution is 5.83. The number of aliphatic hydroxyl groups excluding tert-OH is 1. The van der Waals surface area contributed by atoms with Crippen LogP contribution in [-0.4, -0.2) is 22.9 Å². The van der Waals surface area contributed by atoms with Gasteiger partial charge < -0.3 is 5.11 Å². The number of nitrogens with one attached hydrogen (secondary N) is 1. The lowest BCUT2D eigenvalue weighted by Gasteiger charge is -2.25. The number of aliphatic hydroxyl groups is 1. The van der Waals surface area contributed by atoms with E-state index in [0.717, 1.165) is 75.6 Å². The van der Waals surface area contributed by atoms with Crippen LogP contribution in [-0.2, 0) is 9.59 Å². The van der Waals surface area contributed by atoms with Crippen LogP contribution in [0.25, 0.3) is 0 Å². The van der Waals surface area contributed by atoms with Crippen molar-refractivity contribution in [2.75, 3.05) is 5.01 Å². The predicted molar refractivity (Wildman–Crippen MR) is 151 cm³/mol. The number of amides is 1. The van der Waals surface area contributed by atoms with Gasteiger partial charge in [-0.2, -0.15) is 0 Å². The summed E-state index contributed by atoms with van der Waals surface area (Å²) in [6, 6.07) is 19.7. The SMILES string of the molecule is CCCCC[C@@H](O)C=C[C@@H]1CCC(=O)[C@@H]1CCCCCCC(=O)NN(c1ccccc1)c1ccccc1. The lowest BCUT2D eigenvalue weighted by molar-refractivity contribution is -0.121. The second-order valence-electron chi connectivity index (χ2n) is 10.2. The van der Waals surface area contributed by atoms with Gasteiger partial charge in [0.25, 0.3) is 0 Å². The van der Waals surface area contributed by atoms with Crippen molar-refractivity contribution < 1.29 is 14.7 Å². The number of hydrogen-bond acceptors (Lipinski definition) is 4. The van der Waals surface area contributed by atoms with Crippen LogP contribution in [0.4, 0.5) is 11.4 Å². The number of Topliss-reactive ketones (excluding diaryl/α,β-unsaturated/α-hetero) is 1. The molecule has 3 atom stereocenters. The first-order valence-corrected chi connectivity index (χ1v) is 14.2. The van der Waals surface area contributed by atoms with Gasteiger partial charge in [0.1, 0.15) is 5.78 Å². The smallest absolute Gasteiger partial charge is 0.238 e. The molecular weight excluding hydrogens is 460 g/mol. The van der Waals surface area contributed by atoms with Crippen LogP contribution < -0.4 is 10.4 Å². The minimum absolute atomic E-state index is 0.00127. The Morgan fingerprint density at radius 1 is 0.973 bits per heavy atom. The summed E-state index contributed by atoms with van der Waals surface area (Å²) in [5.41, 5.74) is 4.89. The number of hydrogen-bond donors (Lipinski definition) is 2. The molecule has 5 heteroatoms. The maximum absolute atomic E-state index is 12.7. The molecule has 0 unspecified atom stereocenters. The Kier molecular flexibility index (Phi) is 12.4. The molecule has 2 aromatic rings. The Labute approximate surface area is 222 Å². The molecule has 1 aliphatic rings. The summed E-state index contributed by atoms with van der Waals surface area (Å²) < 4.78 is 0. The molecule has 1 saturated carbocycles. The van der Waals surface area contributed by atoms with Crippen molar-refractivity contribution in [1.82, 2.24) is 5.43 Å². The number of allylic oxidation sites excluding steroid dienone is 1. The van der Waals surface area contributed by atoms with E-state index in [2.05, 4.69) is 18.4 Å². The number of para-hydroxylation sites is 2. The fraction of sp³-hybridized carbons (Fsp3) is 0.500. The van der Waals surface area contributed by atoms with Crippen LogP contribution in [0.1, 0.15) is 84.0 Å². The van der Waals surface area contributed by atoms with E-state index < -0.39 is 6.10 Å². The van der Waals surface area contributed by atoms with E-state index in [1.165, 1.54) is 0 Å². The summed E-state index contributed by atoms with van der Waals surface area (Å²) in [5, 5.41) is 12.0. The third kappa shape index (κ3) is 9.81. The van der Waals surface area contributed by atoms with Crippen LogP contribution in [0.5, 0.6) is 0 Å². The minimum Gasteiger partial charge on any atom is -0.389 e. The van der Waals surface area contributed by atoms with Gasteiger partial charge in [0, 0.05) is 18.8 Å². The minimum atomic E-state index is -0.395. The maximum Gasteiger partial charge on any atom is 0.238 e. The summed E-state index contributed by atoms with van der Waals surface area (Å²) >= 11 is 0. The average Bonchev–Trinajstić information content (AvgIpc) is 3.28. The van der Waals surface area contributed by atoms with Crippen molar-refractivity contribution in [1.29, 1.82) is 0 Å². The van der Waals surface area contributed by atoms with E-state index in [9.17, 15) is 14.7 Å². The summed E-state index contributed by atoms with van der Waals surface area (Å²) in [6.07, 6.45) is 14.5. The van der Waals surface area contributed by atoms with Crippen molar-refractivity contribution in [2.24, 2.45) is 11.8 Å². The van der Waals surface area contributed by atoms with Crippen LogP contribution in [0.15, 0.2) is 72.8 Å². The molecule has 0 heterocycles. The second-order valence-corrected chi connectivity index (χ2v) is 10.2. The molecule has 3 rings (SSSR count).